The molecule has 1 fully saturated rings. The number of ether oxygens (including phenoxy) is 1. The molecule has 0 bridgehead atoms. The minimum absolute atomic E-state index is 0.0256. The average Bonchev–Trinajstić information content (AvgIpc) is 2.34. The van der Waals surface area contributed by atoms with Crippen molar-refractivity contribution in [2.24, 2.45) is 0 Å². The minimum Gasteiger partial charge on any atom is -0.377 e. The second-order valence-corrected chi connectivity index (χ2v) is 4.40. The van der Waals surface area contributed by atoms with Gasteiger partial charge in [-0.25, -0.2) is 0 Å². The van der Waals surface area contributed by atoms with Crippen molar-refractivity contribution < 1.29 is 17.9 Å². The first-order chi connectivity index (χ1) is 5.99. The van der Waals surface area contributed by atoms with E-state index in [1.54, 1.807) is 0 Å². The molecule has 1 saturated carbocycles. The van der Waals surface area contributed by atoms with Gasteiger partial charge in [-0.05, 0) is 19.3 Å². The molecule has 0 aromatic carbocycles. The fourth-order valence-corrected chi connectivity index (χ4v) is 2.14. The summed E-state index contributed by atoms with van der Waals surface area (Å²) in [7, 11) is 0. The Labute approximate surface area is 83.8 Å². The van der Waals surface area contributed by atoms with Gasteiger partial charge in [0.1, 0.15) is 0 Å². The first-order valence-electron chi connectivity index (χ1n) is 4.31. The van der Waals surface area contributed by atoms with Gasteiger partial charge >= 0.3 is 6.18 Å². The van der Waals surface area contributed by atoms with Gasteiger partial charge in [-0.2, -0.15) is 13.2 Å². The van der Waals surface area contributed by atoms with Gasteiger partial charge < -0.3 is 4.74 Å². The van der Waals surface area contributed by atoms with Crippen LogP contribution >= 0.6 is 15.9 Å². The second kappa shape index (κ2) is 4.64. The lowest BCUT2D eigenvalue weighted by Gasteiger charge is -2.15. The first-order valence-corrected chi connectivity index (χ1v) is 5.23. The van der Waals surface area contributed by atoms with E-state index >= 15 is 0 Å². The molecule has 0 spiro atoms. The highest BCUT2D eigenvalue weighted by molar-refractivity contribution is 9.09. The maximum Gasteiger partial charge on any atom is 0.391 e. The normalized spacial score (nSPS) is 29.5. The van der Waals surface area contributed by atoms with Crippen molar-refractivity contribution in [3.8, 4) is 0 Å². The summed E-state index contributed by atoms with van der Waals surface area (Å²) in [6.45, 7) is -0.212. The molecular weight excluding hydrogens is 249 g/mol. The Morgan fingerprint density at radius 1 is 1.31 bits per heavy atom. The molecule has 0 amide bonds. The first kappa shape index (κ1) is 11.3. The molecule has 1 rings (SSSR count). The Morgan fingerprint density at radius 3 is 2.46 bits per heavy atom. The second-order valence-electron chi connectivity index (χ2n) is 3.22. The van der Waals surface area contributed by atoms with Crippen LogP contribution in [0, 0.1) is 0 Å². The zero-order chi connectivity index (χ0) is 9.90. The van der Waals surface area contributed by atoms with Gasteiger partial charge in [-0.1, -0.05) is 15.9 Å². The summed E-state index contributed by atoms with van der Waals surface area (Å²) >= 11 is 3.38. The van der Waals surface area contributed by atoms with Crippen molar-refractivity contribution >= 4 is 15.9 Å². The van der Waals surface area contributed by atoms with Crippen LogP contribution in [0.1, 0.15) is 25.7 Å². The third-order valence-electron chi connectivity index (χ3n) is 2.09. The Balaban J connectivity index is 2.12. The van der Waals surface area contributed by atoms with Crippen molar-refractivity contribution in [3.05, 3.63) is 0 Å². The quantitative estimate of drug-likeness (QED) is 0.708. The fraction of sp³-hybridized carbons (Fsp3) is 1.00. The zero-order valence-electron chi connectivity index (χ0n) is 7.11. The average molecular weight is 261 g/mol. The van der Waals surface area contributed by atoms with E-state index in [2.05, 4.69) is 15.9 Å². The smallest absolute Gasteiger partial charge is 0.377 e. The monoisotopic (exact) mass is 260 g/mol. The number of hydrogen-bond acceptors (Lipinski definition) is 1. The number of hydrogen-bond donors (Lipinski definition) is 0. The molecule has 2 atom stereocenters. The van der Waals surface area contributed by atoms with E-state index in [9.17, 15) is 13.2 Å². The predicted octanol–water partition coefficient (Wildman–Crippen LogP) is 3.27. The molecule has 0 N–H and O–H groups in total. The standard InChI is InChI=1S/C8H12BrF3O/c9-6-2-1-3-7(6)13-5-4-8(10,11)12/h6-7H,1-5H2. The van der Waals surface area contributed by atoms with Crippen LogP contribution in [0.25, 0.3) is 0 Å². The molecule has 1 aliphatic rings. The van der Waals surface area contributed by atoms with Crippen LogP contribution in [0.2, 0.25) is 0 Å². The number of alkyl halides is 4. The van der Waals surface area contributed by atoms with E-state index in [-0.39, 0.29) is 17.5 Å². The van der Waals surface area contributed by atoms with E-state index in [0.717, 1.165) is 19.3 Å². The molecular formula is C8H12BrF3O. The molecule has 0 radical (unpaired) electrons. The van der Waals surface area contributed by atoms with Gasteiger partial charge in [0.25, 0.3) is 0 Å². The van der Waals surface area contributed by atoms with E-state index in [4.69, 9.17) is 4.74 Å². The lowest BCUT2D eigenvalue weighted by Crippen LogP contribution is -2.21. The molecule has 0 aromatic heterocycles. The SMILES string of the molecule is FC(F)(F)CCOC1CCCC1Br. The fourth-order valence-electron chi connectivity index (χ4n) is 1.39. The number of rotatable bonds is 3. The number of halogens is 4. The van der Waals surface area contributed by atoms with Crippen LogP contribution in [-0.4, -0.2) is 23.7 Å². The Hall–Kier alpha value is 0.230. The van der Waals surface area contributed by atoms with Gasteiger partial charge in [-0.15, -0.1) is 0 Å². The summed E-state index contributed by atoms with van der Waals surface area (Å²) < 4.78 is 40.3. The highest BCUT2D eigenvalue weighted by atomic mass is 79.9. The maximum atomic E-state index is 11.7. The maximum absolute atomic E-state index is 11.7. The Bertz CT molecular complexity index is 160. The predicted molar refractivity (Wildman–Crippen MR) is 47.0 cm³/mol. The van der Waals surface area contributed by atoms with Gasteiger partial charge in [0, 0.05) is 4.83 Å². The summed E-state index contributed by atoms with van der Waals surface area (Å²) in [5, 5.41) is 0. The summed E-state index contributed by atoms with van der Waals surface area (Å²) in [5.41, 5.74) is 0. The molecule has 0 saturated heterocycles. The van der Waals surface area contributed by atoms with Crippen molar-refractivity contribution in [2.75, 3.05) is 6.61 Å². The molecule has 0 aromatic rings. The Kier molecular flexibility index (Phi) is 4.04. The van der Waals surface area contributed by atoms with Crippen molar-refractivity contribution in [3.63, 3.8) is 0 Å². The molecule has 0 aliphatic heterocycles. The molecule has 13 heavy (non-hydrogen) atoms. The lowest BCUT2D eigenvalue weighted by atomic mass is 10.3. The van der Waals surface area contributed by atoms with E-state index < -0.39 is 12.6 Å². The topological polar surface area (TPSA) is 9.23 Å². The lowest BCUT2D eigenvalue weighted by molar-refractivity contribution is -0.148. The zero-order valence-corrected chi connectivity index (χ0v) is 8.70. The van der Waals surface area contributed by atoms with Crippen LogP contribution in [-0.2, 0) is 4.74 Å². The summed E-state index contributed by atoms with van der Waals surface area (Å²) in [6, 6.07) is 0. The molecule has 5 heteroatoms. The molecule has 1 aliphatic carbocycles. The van der Waals surface area contributed by atoms with Crippen molar-refractivity contribution in [1.29, 1.82) is 0 Å². The molecule has 2 unspecified atom stereocenters. The van der Waals surface area contributed by atoms with Crippen molar-refractivity contribution in [1.82, 2.24) is 0 Å². The van der Waals surface area contributed by atoms with Crippen LogP contribution in [0.15, 0.2) is 0 Å². The van der Waals surface area contributed by atoms with Gasteiger partial charge in [-0.3, -0.25) is 0 Å². The largest absolute Gasteiger partial charge is 0.391 e. The Morgan fingerprint density at radius 2 is 2.00 bits per heavy atom. The van der Waals surface area contributed by atoms with Crippen LogP contribution < -0.4 is 0 Å². The summed E-state index contributed by atoms with van der Waals surface area (Å²) in [5.74, 6) is 0. The summed E-state index contributed by atoms with van der Waals surface area (Å²) in [4.78, 5) is 0.237. The summed E-state index contributed by atoms with van der Waals surface area (Å²) in [6.07, 6.45) is -2.07. The van der Waals surface area contributed by atoms with E-state index in [0.29, 0.717) is 0 Å². The van der Waals surface area contributed by atoms with Crippen LogP contribution in [0.3, 0.4) is 0 Å². The van der Waals surface area contributed by atoms with Gasteiger partial charge in [0.15, 0.2) is 0 Å². The van der Waals surface area contributed by atoms with Crippen LogP contribution in [0.5, 0.6) is 0 Å². The van der Waals surface area contributed by atoms with Gasteiger partial charge in [0.05, 0.1) is 19.1 Å². The minimum atomic E-state index is -4.10. The molecule has 78 valence electrons. The molecule has 0 heterocycles. The highest BCUT2D eigenvalue weighted by Crippen LogP contribution is 2.29. The third kappa shape index (κ3) is 4.31. The van der Waals surface area contributed by atoms with Crippen molar-refractivity contribution in [2.45, 2.75) is 42.8 Å². The van der Waals surface area contributed by atoms with E-state index in [1.165, 1.54) is 0 Å². The third-order valence-corrected chi connectivity index (χ3v) is 3.14. The van der Waals surface area contributed by atoms with Gasteiger partial charge in [0.2, 0.25) is 0 Å². The van der Waals surface area contributed by atoms with E-state index in [1.807, 2.05) is 0 Å². The van der Waals surface area contributed by atoms with Crippen LogP contribution in [0.4, 0.5) is 13.2 Å². The molecule has 1 nitrogen and oxygen atoms in total. The highest BCUT2D eigenvalue weighted by Gasteiger charge is 2.29.